The van der Waals surface area contributed by atoms with Gasteiger partial charge >= 0.3 is 0 Å². The molecule has 4 rings (SSSR count). The number of nitrogens with one attached hydrogen (secondary N) is 1. The summed E-state index contributed by atoms with van der Waals surface area (Å²) >= 11 is 0. The quantitative estimate of drug-likeness (QED) is 0.560. The van der Waals surface area contributed by atoms with Crippen molar-refractivity contribution < 1.29 is 9.32 Å². The van der Waals surface area contributed by atoms with E-state index in [0.717, 1.165) is 22.3 Å². The first-order chi connectivity index (χ1) is 13.6. The molecule has 0 bridgehead atoms. The van der Waals surface area contributed by atoms with Gasteiger partial charge in [-0.25, -0.2) is 0 Å². The van der Waals surface area contributed by atoms with Crippen molar-refractivity contribution in [3.8, 4) is 0 Å². The number of hydrogen-bond acceptors (Lipinski definition) is 4. The largest absolute Gasteiger partial charge is 0.356 e. The molecule has 0 aliphatic carbocycles. The van der Waals surface area contributed by atoms with Crippen LogP contribution in [-0.4, -0.2) is 20.8 Å². The summed E-state index contributed by atoms with van der Waals surface area (Å²) in [4.78, 5) is 12.4. The molecule has 6 heteroatoms. The molecule has 2 aromatic heterocycles. The van der Waals surface area contributed by atoms with Crippen LogP contribution in [0.1, 0.15) is 28.2 Å². The van der Waals surface area contributed by atoms with Crippen LogP contribution in [-0.2, 0) is 24.3 Å². The lowest BCUT2D eigenvalue weighted by Gasteiger charge is -2.07. The van der Waals surface area contributed by atoms with Crippen LogP contribution in [0, 0.1) is 13.8 Å². The average molecular weight is 374 g/mol. The number of hydrogen-bond donors (Lipinski definition) is 1. The first-order valence-electron chi connectivity index (χ1n) is 9.28. The molecule has 0 atom stereocenters. The highest BCUT2D eigenvalue weighted by Gasteiger charge is 2.15. The smallest absolute Gasteiger partial charge is 0.226 e. The second-order valence-corrected chi connectivity index (χ2v) is 6.87. The number of aromatic nitrogens is 3. The number of carbonyl (C=O) groups is 1. The number of fused-ring (bicyclic) bond motifs is 1. The standard InChI is InChI=1S/C22H22N4O2/c1-15-19(16(2)26(24-15)14-17-8-4-3-5-9-17)13-23-22(27)12-20-18-10-6-7-11-21(18)28-25-20/h3-11H,12-14H2,1-2H3,(H,23,27). The van der Waals surface area contributed by atoms with Crippen molar-refractivity contribution in [2.75, 3.05) is 0 Å². The number of amides is 1. The minimum Gasteiger partial charge on any atom is -0.356 e. The molecule has 28 heavy (non-hydrogen) atoms. The van der Waals surface area contributed by atoms with E-state index >= 15 is 0 Å². The molecule has 0 aliphatic rings. The fourth-order valence-corrected chi connectivity index (χ4v) is 3.37. The Morgan fingerprint density at radius 3 is 2.64 bits per heavy atom. The van der Waals surface area contributed by atoms with Crippen LogP contribution in [0.25, 0.3) is 11.0 Å². The zero-order chi connectivity index (χ0) is 19.5. The second kappa shape index (κ2) is 7.68. The predicted molar refractivity (Wildman–Crippen MR) is 107 cm³/mol. The Bertz CT molecular complexity index is 1110. The maximum Gasteiger partial charge on any atom is 0.226 e. The van der Waals surface area contributed by atoms with E-state index in [9.17, 15) is 4.79 Å². The van der Waals surface area contributed by atoms with Crippen molar-refractivity contribution in [2.24, 2.45) is 0 Å². The van der Waals surface area contributed by atoms with E-state index in [1.807, 2.05) is 61.0 Å². The minimum atomic E-state index is -0.0892. The maximum absolute atomic E-state index is 12.4. The molecule has 1 amide bonds. The average Bonchev–Trinajstić information content (AvgIpc) is 3.22. The minimum absolute atomic E-state index is 0.0892. The Hall–Kier alpha value is -3.41. The Kier molecular flexibility index (Phi) is 4.93. The van der Waals surface area contributed by atoms with Crippen LogP contribution in [0.15, 0.2) is 59.1 Å². The lowest BCUT2D eigenvalue weighted by Crippen LogP contribution is -2.25. The van der Waals surface area contributed by atoms with Gasteiger partial charge in [0.05, 0.1) is 18.7 Å². The third kappa shape index (κ3) is 3.67. The van der Waals surface area contributed by atoms with Gasteiger partial charge < -0.3 is 9.84 Å². The third-order valence-electron chi connectivity index (χ3n) is 4.95. The summed E-state index contributed by atoms with van der Waals surface area (Å²) in [5.74, 6) is -0.0892. The number of aryl methyl sites for hydroxylation is 1. The fraction of sp³-hybridized carbons (Fsp3) is 0.227. The lowest BCUT2D eigenvalue weighted by molar-refractivity contribution is -0.120. The zero-order valence-electron chi connectivity index (χ0n) is 16.0. The number of rotatable bonds is 6. The summed E-state index contributed by atoms with van der Waals surface area (Å²) in [5.41, 5.74) is 5.59. The first kappa shape index (κ1) is 18.0. The molecule has 0 saturated carbocycles. The van der Waals surface area contributed by atoms with Gasteiger partial charge in [0, 0.05) is 23.2 Å². The van der Waals surface area contributed by atoms with Gasteiger partial charge in [0.15, 0.2) is 5.58 Å². The summed E-state index contributed by atoms with van der Waals surface area (Å²) in [5, 5.41) is 12.5. The number of para-hydroxylation sites is 1. The molecule has 0 radical (unpaired) electrons. The summed E-state index contributed by atoms with van der Waals surface area (Å²) in [6.07, 6.45) is 0.188. The van der Waals surface area contributed by atoms with Crippen molar-refractivity contribution in [1.29, 1.82) is 0 Å². The Morgan fingerprint density at radius 2 is 1.82 bits per heavy atom. The Morgan fingerprint density at radius 1 is 1.07 bits per heavy atom. The van der Waals surface area contributed by atoms with E-state index in [1.54, 1.807) is 0 Å². The van der Waals surface area contributed by atoms with Crippen molar-refractivity contribution >= 4 is 16.9 Å². The topological polar surface area (TPSA) is 73.0 Å². The van der Waals surface area contributed by atoms with Crippen LogP contribution >= 0.6 is 0 Å². The van der Waals surface area contributed by atoms with Gasteiger partial charge in [-0.1, -0.05) is 47.6 Å². The molecule has 4 aromatic rings. The highest BCUT2D eigenvalue weighted by molar-refractivity contribution is 5.86. The molecule has 0 aliphatic heterocycles. The van der Waals surface area contributed by atoms with Gasteiger partial charge in [-0.05, 0) is 31.5 Å². The third-order valence-corrected chi connectivity index (χ3v) is 4.95. The molecular weight excluding hydrogens is 352 g/mol. The molecule has 6 nitrogen and oxygen atoms in total. The number of carbonyl (C=O) groups excluding carboxylic acids is 1. The molecule has 0 saturated heterocycles. The van der Waals surface area contributed by atoms with Gasteiger partial charge in [0.25, 0.3) is 0 Å². The van der Waals surface area contributed by atoms with Crippen molar-refractivity contribution in [2.45, 2.75) is 33.4 Å². The molecular formula is C22H22N4O2. The second-order valence-electron chi connectivity index (χ2n) is 6.87. The fourth-order valence-electron chi connectivity index (χ4n) is 3.37. The number of benzene rings is 2. The highest BCUT2D eigenvalue weighted by Crippen LogP contribution is 2.18. The van der Waals surface area contributed by atoms with Crippen LogP contribution in [0.5, 0.6) is 0 Å². The van der Waals surface area contributed by atoms with Crippen LogP contribution in [0.2, 0.25) is 0 Å². The van der Waals surface area contributed by atoms with Gasteiger partial charge in [-0.3, -0.25) is 9.48 Å². The maximum atomic E-state index is 12.4. The molecule has 0 fully saturated rings. The molecule has 142 valence electrons. The van der Waals surface area contributed by atoms with E-state index < -0.39 is 0 Å². The van der Waals surface area contributed by atoms with Gasteiger partial charge in [0.1, 0.15) is 5.69 Å². The molecule has 0 spiro atoms. The molecule has 1 N–H and O–H groups in total. The summed E-state index contributed by atoms with van der Waals surface area (Å²) < 4.78 is 7.25. The van der Waals surface area contributed by atoms with Gasteiger partial charge in [-0.15, -0.1) is 0 Å². The SMILES string of the molecule is Cc1nn(Cc2ccccc2)c(C)c1CNC(=O)Cc1noc2ccccc12. The highest BCUT2D eigenvalue weighted by atomic mass is 16.5. The van der Waals surface area contributed by atoms with E-state index in [1.165, 1.54) is 5.56 Å². The molecule has 2 heterocycles. The zero-order valence-corrected chi connectivity index (χ0v) is 16.0. The summed E-state index contributed by atoms with van der Waals surface area (Å²) in [6.45, 7) is 5.17. The molecule has 2 aromatic carbocycles. The predicted octanol–water partition coefficient (Wildman–Crippen LogP) is 3.55. The van der Waals surface area contributed by atoms with E-state index in [2.05, 4.69) is 27.7 Å². The van der Waals surface area contributed by atoms with Crippen LogP contribution in [0.3, 0.4) is 0 Å². The van der Waals surface area contributed by atoms with E-state index in [0.29, 0.717) is 24.4 Å². The number of nitrogens with zero attached hydrogens (tertiary/aromatic N) is 3. The van der Waals surface area contributed by atoms with Crippen molar-refractivity contribution in [3.63, 3.8) is 0 Å². The van der Waals surface area contributed by atoms with E-state index in [4.69, 9.17) is 4.52 Å². The van der Waals surface area contributed by atoms with Crippen LogP contribution < -0.4 is 5.32 Å². The van der Waals surface area contributed by atoms with Crippen molar-refractivity contribution in [3.05, 3.63) is 82.8 Å². The lowest BCUT2D eigenvalue weighted by atomic mass is 10.1. The van der Waals surface area contributed by atoms with E-state index in [-0.39, 0.29) is 12.3 Å². The molecule has 0 unspecified atom stereocenters. The monoisotopic (exact) mass is 374 g/mol. The van der Waals surface area contributed by atoms with Crippen molar-refractivity contribution in [1.82, 2.24) is 20.3 Å². The summed E-state index contributed by atoms with van der Waals surface area (Å²) in [6, 6.07) is 17.8. The van der Waals surface area contributed by atoms with Gasteiger partial charge in [-0.2, -0.15) is 5.10 Å². The first-order valence-corrected chi connectivity index (χ1v) is 9.28. The van der Waals surface area contributed by atoms with Crippen LogP contribution in [0.4, 0.5) is 0 Å². The Balaban J connectivity index is 1.42. The summed E-state index contributed by atoms with van der Waals surface area (Å²) in [7, 11) is 0. The van der Waals surface area contributed by atoms with Gasteiger partial charge in [0.2, 0.25) is 5.91 Å². The Labute approximate surface area is 163 Å². The normalized spacial score (nSPS) is 11.1.